The molecule has 3 rings (SSSR count). The van der Waals surface area contributed by atoms with Gasteiger partial charge in [-0.2, -0.15) is 0 Å². The molecular formula is C16H24N4O. The Kier molecular flexibility index (Phi) is 3.61. The number of rotatable bonds is 3. The standard InChI is InChI=1S/C16H24N4O/c1-4-13-12-7-18-6-11(12)8-20(13)16-14(15(17)21)9(2)5-10(3)19-16/h5,11-13,18H,4,6-8H2,1-3H3,(H2,17,21). The summed E-state index contributed by atoms with van der Waals surface area (Å²) in [5.74, 6) is 1.72. The smallest absolute Gasteiger partial charge is 0.252 e. The lowest BCUT2D eigenvalue weighted by atomic mass is 9.93. The number of pyridine rings is 1. The van der Waals surface area contributed by atoms with Gasteiger partial charge in [0.2, 0.25) is 0 Å². The van der Waals surface area contributed by atoms with Crippen molar-refractivity contribution in [3.05, 3.63) is 22.9 Å². The van der Waals surface area contributed by atoms with Gasteiger partial charge in [-0.1, -0.05) is 6.92 Å². The molecule has 0 aromatic carbocycles. The summed E-state index contributed by atoms with van der Waals surface area (Å²) in [6.07, 6.45) is 1.07. The van der Waals surface area contributed by atoms with Crippen molar-refractivity contribution in [3.8, 4) is 0 Å². The van der Waals surface area contributed by atoms with E-state index in [-0.39, 0.29) is 5.91 Å². The van der Waals surface area contributed by atoms with E-state index < -0.39 is 0 Å². The van der Waals surface area contributed by atoms with E-state index in [1.165, 1.54) is 0 Å². The maximum absolute atomic E-state index is 11.9. The lowest BCUT2D eigenvalue weighted by Crippen LogP contribution is -2.37. The van der Waals surface area contributed by atoms with Gasteiger partial charge in [-0.3, -0.25) is 4.79 Å². The van der Waals surface area contributed by atoms with E-state index >= 15 is 0 Å². The van der Waals surface area contributed by atoms with Crippen LogP contribution in [0.3, 0.4) is 0 Å². The van der Waals surface area contributed by atoms with Gasteiger partial charge in [0.05, 0.1) is 5.56 Å². The first-order valence-corrected chi connectivity index (χ1v) is 7.78. The molecule has 21 heavy (non-hydrogen) atoms. The number of aryl methyl sites for hydroxylation is 2. The number of carbonyl (C=O) groups excluding carboxylic acids is 1. The topological polar surface area (TPSA) is 71.2 Å². The molecule has 1 amide bonds. The number of nitrogens with two attached hydrogens (primary N) is 1. The van der Waals surface area contributed by atoms with Crippen LogP contribution in [0, 0.1) is 25.7 Å². The van der Waals surface area contributed by atoms with E-state index in [2.05, 4.69) is 22.1 Å². The normalized spacial score (nSPS) is 28.0. The SMILES string of the molecule is CCC1C2CNCC2CN1c1nc(C)cc(C)c1C(N)=O. The van der Waals surface area contributed by atoms with Crippen LogP contribution in [0.25, 0.3) is 0 Å². The quantitative estimate of drug-likeness (QED) is 0.877. The van der Waals surface area contributed by atoms with Crippen molar-refractivity contribution < 1.29 is 4.79 Å². The molecule has 0 spiro atoms. The summed E-state index contributed by atoms with van der Waals surface area (Å²) in [6.45, 7) is 9.22. The Hall–Kier alpha value is -1.62. The molecule has 2 saturated heterocycles. The summed E-state index contributed by atoms with van der Waals surface area (Å²) in [4.78, 5) is 18.9. The molecule has 3 atom stereocenters. The van der Waals surface area contributed by atoms with Crippen LogP contribution in [-0.2, 0) is 0 Å². The van der Waals surface area contributed by atoms with Gasteiger partial charge < -0.3 is 16.0 Å². The highest BCUT2D eigenvalue weighted by Crippen LogP contribution is 2.38. The predicted molar refractivity (Wildman–Crippen MR) is 83.5 cm³/mol. The van der Waals surface area contributed by atoms with E-state index in [0.29, 0.717) is 23.4 Å². The fraction of sp³-hybridized carbons (Fsp3) is 0.625. The lowest BCUT2D eigenvalue weighted by molar-refractivity contribution is 0.1000. The van der Waals surface area contributed by atoms with Crippen molar-refractivity contribution >= 4 is 11.7 Å². The molecule has 114 valence electrons. The summed E-state index contributed by atoms with van der Waals surface area (Å²) in [5, 5.41) is 3.48. The molecule has 2 fully saturated rings. The predicted octanol–water partition coefficient (Wildman–Crippen LogP) is 1.23. The Labute approximate surface area is 125 Å². The van der Waals surface area contributed by atoms with Crippen LogP contribution in [-0.4, -0.2) is 36.6 Å². The molecule has 2 aliphatic heterocycles. The fourth-order valence-corrected chi connectivity index (χ4v) is 4.12. The van der Waals surface area contributed by atoms with Gasteiger partial charge in [-0.15, -0.1) is 0 Å². The van der Waals surface area contributed by atoms with Gasteiger partial charge in [0, 0.05) is 31.4 Å². The third kappa shape index (κ3) is 2.29. The zero-order valence-electron chi connectivity index (χ0n) is 13.0. The summed E-state index contributed by atoms with van der Waals surface area (Å²) >= 11 is 0. The first-order valence-electron chi connectivity index (χ1n) is 7.78. The number of amides is 1. The minimum Gasteiger partial charge on any atom is -0.365 e. The number of fused-ring (bicyclic) bond motifs is 1. The van der Waals surface area contributed by atoms with Crippen LogP contribution in [0.1, 0.15) is 35.0 Å². The number of aromatic nitrogens is 1. The molecule has 0 saturated carbocycles. The second-order valence-corrected chi connectivity index (χ2v) is 6.35. The maximum atomic E-state index is 11.9. The van der Waals surface area contributed by atoms with Crippen LogP contribution in [0.2, 0.25) is 0 Å². The summed E-state index contributed by atoms with van der Waals surface area (Å²) in [6, 6.07) is 2.38. The van der Waals surface area contributed by atoms with E-state index in [0.717, 1.165) is 43.1 Å². The highest BCUT2D eigenvalue weighted by molar-refractivity contribution is 5.99. The number of anilines is 1. The van der Waals surface area contributed by atoms with Crippen molar-refractivity contribution in [1.29, 1.82) is 0 Å². The van der Waals surface area contributed by atoms with Crippen LogP contribution < -0.4 is 16.0 Å². The van der Waals surface area contributed by atoms with Crippen molar-refractivity contribution in [2.75, 3.05) is 24.5 Å². The number of nitrogens with zero attached hydrogens (tertiary/aromatic N) is 2. The minimum absolute atomic E-state index is 0.375. The molecule has 1 aromatic rings. The number of carbonyl (C=O) groups is 1. The molecule has 3 heterocycles. The zero-order valence-corrected chi connectivity index (χ0v) is 13.0. The van der Waals surface area contributed by atoms with Crippen LogP contribution in [0.5, 0.6) is 0 Å². The summed E-state index contributed by atoms with van der Waals surface area (Å²) < 4.78 is 0. The summed E-state index contributed by atoms with van der Waals surface area (Å²) in [7, 11) is 0. The first kappa shape index (κ1) is 14.3. The molecule has 5 heteroatoms. The van der Waals surface area contributed by atoms with E-state index in [9.17, 15) is 4.79 Å². The number of hydrogen-bond acceptors (Lipinski definition) is 4. The Morgan fingerprint density at radius 2 is 2.24 bits per heavy atom. The number of nitrogens with one attached hydrogen (secondary N) is 1. The monoisotopic (exact) mass is 288 g/mol. The molecular weight excluding hydrogens is 264 g/mol. The molecule has 1 aromatic heterocycles. The number of hydrogen-bond donors (Lipinski definition) is 2. The van der Waals surface area contributed by atoms with Gasteiger partial charge in [0.15, 0.2) is 0 Å². The zero-order chi connectivity index (χ0) is 15.1. The summed E-state index contributed by atoms with van der Waals surface area (Å²) in [5.41, 5.74) is 8.08. The van der Waals surface area contributed by atoms with Crippen molar-refractivity contribution in [1.82, 2.24) is 10.3 Å². The molecule has 2 aliphatic rings. The third-order valence-corrected chi connectivity index (χ3v) is 4.98. The Bertz CT molecular complexity index is 572. The Morgan fingerprint density at radius 1 is 1.48 bits per heavy atom. The maximum Gasteiger partial charge on any atom is 0.252 e. The largest absolute Gasteiger partial charge is 0.365 e. The average Bonchev–Trinajstić information content (AvgIpc) is 2.96. The van der Waals surface area contributed by atoms with Crippen molar-refractivity contribution in [2.24, 2.45) is 17.6 Å². The molecule has 5 nitrogen and oxygen atoms in total. The number of primary amides is 1. The first-order chi connectivity index (χ1) is 10.0. The Morgan fingerprint density at radius 3 is 2.90 bits per heavy atom. The van der Waals surface area contributed by atoms with Gasteiger partial charge in [-0.25, -0.2) is 4.98 Å². The minimum atomic E-state index is -0.375. The van der Waals surface area contributed by atoms with Crippen molar-refractivity contribution in [3.63, 3.8) is 0 Å². The Balaban J connectivity index is 2.05. The van der Waals surface area contributed by atoms with E-state index in [4.69, 9.17) is 5.73 Å². The molecule has 0 bridgehead atoms. The lowest BCUT2D eigenvalue weighted by Gasteiger charge is -2.30. The average molecular weight is 288 g/mol. The van der Waals surface area contributed by atoms with Crippen LogP contribution in [0.15, 0.2) is 6.07 Å². The second kappa shape index (κ2) is 5.30. The van der Waals surface area contributed by atoms with Gasteiger partial charge in [-0.05, 0) is 43.7 Å². The van der Waals surface area contributed by atoms with Gasteiger partial charge in [0.1, 0.15) is 5.82 Å². The van der Waals surface area contributed by atoms with E-state index in [1.807, 2.05) is 19.9 Å². The fourth-order valence-electron chi connectivity index (χ4n) is 4.12. The van der Waals surface area contributed by atoms with Crippen molar-refractivity contribution in [2.45, 2.75) is 33.2 Å². The molecule has 0 aliphatic carbocycles. The molecule has 0 radical (unpaired) electrons. The van der Waals surface area contributed by atoms with E-state index in [1.54, 1.807) is 0 Å². The highest BCUT2D eigenvalue weighted by Gasteiger charge is 2.44. The highest BCUT2D eigenvalue weighted by atomic mass is 16.1. The van der Waals surface area contributed by atoms with Crippen LogP contribution in [0.4, 0.5) is 5.82 Å². The van der Waals surface area contributed by atoms with Gasteiger partial charge >= 0.3 is 0 Å². The molecule has 3 unspecified atom stereocenters. The second-order valence-electron chi connectivity index (χ2n) is 6.35. The third-order valence-electron chi connectivity index (χ3n) is 4.98. The van der Waals surface area contributed by atoms with Gasteiger partial charge in [0.25, 0.3) is 5.91 Å². The molecule has 3 N–H and O–H groups in total. The van der Waals surface area contributed by atoms with Crippen LogP contribution >= 0.6 is 0 Å².